The first-order valence-corrected chi connectivity index (χ1v) is 5.77. The molecule has 0 saturated heterocycles. The standard InChI is InChI=1S/C12H16N2O2/c1-12(2)5-8(12)10-13-9-3-4-16-6-7(9)11(15)14-10/h8H,3-6H2,1-2H3,(H,13,14,15). The van der Waals surface area contributed by atoms with Crippen LogP contribution in [-0.2, 0) is 17.8 Å². The molecule has 1 saturated carbocycles. The summed E-state index contributed by atoms with van der Waals surface area (Å²) in [6.07, 6.45) is 1.88. The zero-order chi connectivity index (χ0) is 11.3. The van der Waals surface area contributed by atoms with Crippen LogP contribution in [0.5, 0.6) is 0 Å². The molecule has 2 aliphatic rings. The number of aromatic amines is 1. The molecule has 4 heteroatoms. The second-order valence-corrected chi connectivity index (χ2v) is 5.42. The number of ether oxygens (including phenoxy) is 1. The van der Waals surface area contributed by atoms with Crippen LogP contribution in [-0.4, -0.2) is 16.6 Å². The van der Waals surface area contributed by atoms with Gasteiger partial charge in [-0.2, -0.15) is 0 Å². The van der Waals surface area contributed by atoms with Crippen molar-refractivity contribution < 1.29 is 4.74 Å². The number of nitrogens with zero attached hydrogens (tertiary/aromatic N) is 1. The average molecular weight is 220 g/mol. The highest BCUT2D eigenvalue weighted by Crippen LogP contribution is 2.57. The second kappa shape index (κ2) is 3.17. The fourth-order valence-corrected chi connectivity index (χ4v) is 2.36. The Bertz CT molecular complexity index is 490. The molecular weight excluding hydrogens is 204 g/mol. The molecule has 1 fully saturated rings. The number of hydrogen-bond donors (Lipinski definition) is 1. The Balaban J connectivity index is 2.03. The fraction of sp³-hybridized carbons (Fsp3) is 0.667. The van der Waals surface area contributed by atoms with Crippen LogP contribution in [0.4, 0.5) is 0 Å². The van der Waals surface area contributed by atoms with Crippen LogP contribution >= 0.6 is 0 Å². The van der Waals surface area contributed by atoms with Crippen LogP contribution in [0.15, 0.2) is 4.79 Å². The minimum absolute atomic E-state index is 0.0117. The summed E-state index contributed by atoms with van der Waals surface area (Å²) in [6.45, 7) is 5.50. The first-order chi connectivity index (χ1) is 7.58. The van der Waals surface area contributed by atoms with Gasteiger partial charge in [0, 0.05) is 12.3 Å². The van der Waals surface area contributed by atoms with Gasteiger partial charge in [-0.25, -0.2) is 4.98 Å². The second-order valence-electron chi connectivity index (χ2n) is 5.42. The third-order valence-corrected chi connectivity index (χ3v) is 3.69. The van der Waals surface area contributed by atoms with Crippen molar-refractivity contribution in [2.45, 2.75) is 39.2 Å². The lowest BCUT2D eigenvalue weighted by atomic mass is 10.1. The normalized spacial score (nSPS) is 26.2. The fourth-order valence-electron chi connectivity index (χ4n) is 2.36. The lowest BCUT2D eigenvalue weighted by Crippen LogP contribution is -2.25. The summed E-state index contributed by atoms with van der Waals surface area (Å²) in [5.74, 6) is 1.30. The van der Waals surface area contributed by atoms with E-state index in [1.165, 1.54) is 0 Å². The summed E-state index contributed by atoms with van der Waals surface area (Å²) >= 11 is 0. The van der Waals surface area contributed by atoms with E-state index in [2.05, 4.69) is 23.8 Å². The number of aromatic nitrogens is 2. The maximum Gasteiger partial charge on any atom is 0.256 e. The van der Waals surface area contributed by atoms with E-state index < -0.39 is 0 Å². The SMILES string of the molecule is CC1(C)CC1c1nc2c(c(=O)[nH]1)COCC2. The third-order valence-electron chi connectivity index (χ3n) is 3.69. The Morgan fingerprint density at radius 3 is 2.94 bits per heavy atom. The third kappa shape index (κ3) is 1.48. The zero-order valence-corrected chi connectivity index (χ0v) is 9.67. The van der Waals surface area contributed by atoms with Gasteiger partial charge >= 0.3 is 0 Å². The molecule has 0 amide bonds. The van der Waals surface area contributed by atoms with Crippen molar-refractivity contribution in [2.24, 2.45) is 5.41 Å². The molecule has 16 heavy (non-hydrogen) atoms. The smallest absolute Gasteiger partial charge is 0.256 e. The Morgan fingerprint density at radius 1 is 1.50 bits per heavy atom. The van der Waals surface area contributed by atoms with Crippen LogP contribution in [0.2, 0.25) is 0 Å². The van der Waals surface area contributed by atoms with Gasteiger partial charge in [-0.1, -0.05) is 13.8 Å². The molecule has 0 spiro atoms. The quantitative estimate of drug-likeness (QED) is 0.777. The Hall–Kier alpha value is -1.16. The molecule has 1 unspecified atom stereocenters. The predicted octanol–water partition coefficient (Wildman–Crippen LogP) is 1.36. The van der Waals surface area contributed by atoms with Crippen molar-refractivity contribution in [3.63, 3.8) is 0 Å². The Morgan fingerprint density at radius 2 is 2.25 bits per heavy atom. The first kappa shape index (κ1) is 10.0. The van der Waals surface area contributed by atoms with Gasteiger partial charge in [-0.05, 0) is 11.8 Å². The topological polar surface area (TPSA) is 55.0 Å². The number of nitrogens with one attached hydrogen (secondary N) is 1. The highest BCUT2D eigenvalue weighted by atomic mass is 16.5. The minimum Gasteiger partial charge on any atom is -0.376 e. The van der Waals surface area contributed by atoms with E-state index in [-0.39, 0.29) is 5.56 Å². The monoisotopic (exact) mass is 220 g/mol. The molecule has 1 aliphatic carbocycles. The maximum absolute atomic E-state index is 11.9. The molecule has 1 aromatic heterocycles. The summed E-state index contributed by atoms with van der Waals surface area (Å²) < 4.78 is 5.27. The van der Waals surface area contributed by atoms with Crippen molar-refractivity contribution in [1.82, 2.24) is 9.97 Å². The highest BCUT2D eigenvalue weighted by molar-refractivity contribution is 5.23. The largest absolute Gasteiger partial charge is 0.376 e. The van der Waals surface area contributed by atoms with Crippen molar-refractivity contribution in [3.05, 3.63) is 27.4 Å². The van der Waals surface area contributed by atoms with Gasteiger partial charge in [0.1, 0.15) is 5.82 Å². The number of fused-ring (bicyclic) bond motifs is 1. The van der Waals surface area contributed by atoms with E-state index in [0.717, 1.165) is 24.4 Å². The molecule has 0 radical (unpaired) electrons. The van der Waals surface area contributed by atoms with Crippen molar-refractivity contribution in [1.29, 1.82) is 0 Å². The molecule has 1 atom stereocenters. The first-order valence-electron chi connectivity index (χ1n) is 5.77. The molecule has 86 valence electrons. The van der Waals surface area contributed by atoms with Gasteiger partial charge in [0.25, 0.3) is 5.56 Å². The van der Waals surface area contributed by atoms with Crippen molar-refractivity contribution in [2.75, 3.05) is 6.61 Å². The predicted molar refractivity (Wildman–Crippen MR) is 59.4 cm³/mol. The molecule has 2 heterocycles. The Kier molecular flexibility index (Phi) is 1.98. The van der Waals surface area contributed by atoms with Gasteiger partial charge < -0.3 is 9.72 Å². The summed E-state index contributed by atoms with van der Waals surface area (Å²) in [5.41, 5.74) is 1.94. The van der Waals surface area contributed by atoms with Gasteiger partial charge in [-0.15, -0.1) is 0 Å². The van der Waals surface area contributed by atoms with Crippen LogP contribution in [0.3, 0.4) is 0 Å². The lowest BCUT2D eigenvalue weighted by molar-refractivity contribution is 0.108. The average Bonchev–Trinajstić information content (AvgIpc) is 2.88. The maximum atomic E-state index is 11.9. The summed E-state index contributed by atoms with van der Waals surface area (Å²) in [6, 6.07) is 0. The van der Waals surface area contributed by atoms with Crippen LogP contribution in [0.25, 0.3) is 0 Å². The van der Waals surface area contributed by atoms with Gasteiger partial charge in [0.05, 0.1) is 24.5 Å². The zero-order valence-electron chi connectivity index (χ0n) is 9.67. The van der Waals surface area contributed by atoms with Crippen molar-refractivity contribution >= 4 is 0 Å². The molecule has 0 aromatic carbocycles. The number of H-pyrrole nitrogens is 1. The molecule has 1 N–H and O–H groups in total. The molecule has 1 aromatic rings. The van der Waals surface area contributed by atoms with Gasteiger partial charge in [0.2, 0.25) is 0 Å². The summed E-state index contributed by atoms with van der Waals surface area (Å²) in [7, 11) is 0. The van der Waals surface area contributed by atoms with Crippen LogP contribution in [0.1, 0.15) is 43.3 Å². The van der Waals surface area contributed by atoms with E-state index >= 15 is 0 Å². The van der Waals surface area contributed by atoms with Crippen molar-refractivity contribution in [3.8, 4) is 0 Å². The van der Waals surface area contributed by atoms with Gasteiger partial charge in [0.15, 0.2) is 0 Å². The molecular formula is C12H16N2O2. The van der Waals surface area contributed by atoms with E-state index in [0.29, 0.717) is 30.1 Å². The minimum atomic E-state index is -0.0117. The molecule has 3 rings (SSSR count). The van der Waals surface area contributed by atoms with Gasteiger partial charge in [-0.3, -0.25) is 4.79 Å². The summed E-state index contributed by atoms with van der Waals surface area (Å²) in [5, 5.41) is 0. The molecule has 0 bridgehead atoms. The van der Waals surface area contributed by atoms with E-state index in [9.17, 15) is 4.79 Å². The Labute approximate surface area is 94.1 Å². The van der Waals surface area contributed by atoms with Crippen LogP contribution in [0, 0.1) is 5.41 Å². The summed E-state index contributed by atoms with van der Waals surface area (Å²) in [4.78, 5) is 19.4. The number of hydrogen-bond acceptors (Lipinski definition) is 3. The van der Waals surface area contributed by atoms with E-state index in [1.54, 1.807) is 0 Å². The van der Waals surface area contributed by atoms with E-state index in [4.69, 9.17) is 4.74 Å². The number of rotatable bonds is 1. The molecule has 1 aliphatic heterocycles. The lowest BCUT2D eigenvalue weighted by Gasteiger charge is -2.15. The van der Waals surface area contributed by atoms with E-state index in [1.807, 2.05) is 0 Å². The highest BCUT2D eigenvalue weighted by Gasteiger charge is 2.48. The van der Waals surface area contributed by atoms with Crippen LogP contribution < -0.4 is 5.56 Å². The molecule has 4 nitrogen and oxygen atoms in total.